The second-order valence-corrected chi connectivity index (χ2v) is 5.74. The van der Waals surface area contributed by atoms with Gasteiger partial charge in [0, 0.05) is 15.6 Å². The van der Waals surface area contributed by atoms with Gasteiger partial charge in [0.05, 0.1) is 0 Å². The van der Waals surface area contributed by atoms with Gasteiger partial charge < -0.3 is 10.3 Å². The summed E-state index contributed by atoms with van der Waals surface area (Å²) in [4.78, 5) is 0. The Bertz CT molecular complexity index is 561. The molecule has 0 saturated heterocycles. The third kappa shape index (κ3) is 2.43. The first-order valence-corrected chi connectivity index (χ1v) is 6.79. The van der Waals surface area contributed by atoms with Crippen LogP contribution in [0.1, 0.15) is 25.0 Å². The molecular weight excluding hydrogens is 292 g/mol. The largest absolute Gasteiger partial charge is 0.381 e. The van der Waals surface area contributed by atoms with Crippen LogP contribution in [-0.2, 0) is 6.42 Å². The summed E-state index contributed by atoms with van der Waals surface area (Å²) in [5.74, 6) is 1.80. The molecule has 0 unspecified atom stereocenters. The molecule has 4 heteroatoms. The quantitative estimate of drug-likeness (QED) is 0.924. The lowest BCUT2D eigenvalue weighted by Gasteiger charge is -2.08. The lowest BCUT2D eigenvalue weighted by atomic mass is 9.97. The summed E-state index contributed by atoms with van der Waals surface area (Å²) < 4.78 is 6.48. The van der Waals surface area contributed by atoms with Crippen molar-refractivity contribution < 1.29 is 4.52 Å². The molecular formula is C14H17BrN2O. The van der Waals surface area contributed by atoms with Gasteiger partial charge in [-0.05, 0) is 30.9 Å². The molecule has 1 heterocycles. The maximum atomic E-state index is 5.90. The van der Waals surface area contributed by atoms with Gasteiger partial charge in [0.15, 0.2) is 11.6 Å². The Balaban J connectivity index is 2.54. The molecule has 2 aromatic rings. The maximum Gasteiger partial charge on any atom is 0.172 e. The second kappa shape index (κ2) is 5.14. The van der Waals surface area contributed by atoms with Crippen molar-refractivity contribution in [1.82, 2.24) is 5.16 Å². The average Bonchev–Trinajstić information content (AvgIpc) is 2.64. The summed E-state index contributed by atoms with van der Waals surface area (Å²) in [7, 11) is 0. The van der Waals surface area contributed by atoms with Crippen LogP contribution >= 0.6 is 15.9 Å². The minimum absolute atomic E-state index is 0.498. The van der Waals surface area contributed by atoms with Crippen LogP contribution in [0.25, 0.3) is 11.3 Å². The molecule has 0 aliphatic rings. The maximum absolute atomic E-state index is 5.90. The van der Waals surface area contributed by atoms with Gasteiger partial charge in [-0.2, -0.15) is 0 Å². The van der Waals surface area contributed by atoms with Crippen LogP contribution in [0.4, 0.5) is 5.82 Å². The molecule has 2 N–H and O–H groups in total. The zero-order valence-electron chi connectivity index (χ0n) is 10.8. The third-order valence-electron chi connectivity index (χ3n) is 2.94. The minimum atomic E-state index is 0.498. The molecule has 0 radical (unpaired) electrons. The van der Waals surface area contributed by atoms with Crippen LogP contribution in [0.15, 0.2) is 27.2 Å². The lowest BCUT2D eigenvalue weighted by Crippen LogP contribution is -1.99. The molecule has 0 aliphatic heterocycles. The monoisotopic (exact) mass is 308 g/mol. The molecule has 18 heavy (non-hydrogen) atoms. The number of rotatable bonds is 3. The predicted molar refractivity (Wildman–Crippen MR) is 77.3 cm³/mol. The number of benzene rings is 1. The van der Waals surface area contributed by atoms with E-state index in [0.29, 0.717) is 11.7 Å². The number of aromatic nitrogens is 1. The highest BCUT2D eigenvalue weighted by atomic mass is 79.9. The van der Waals surface area contributed by atoms with Crippen molar-refractivity contribution in [3.05, 3.63) is 33.8 Å². The van der Waals surface area contributed by atoms with E-state index in [9.17, 15) is 0 Å². The van der Waals surface area contributed by atoms with Gasteiger partial charge in [0.25, 0.3) is 0 Å². The summed E-state index contributed by atoms with van der Waals surface area (Å²) in [6, 6.07) is 6.04. The molecule has 0 bridgehead atoms. The van der Waals surface area contributed by atoms with Gasteiger partial charge in [0.2, 0.25) is 0 Å². The summed E-state index contributed by atoms with van der Waals surface area (Å²) in [6.45, 7) is 6.37. The Morgan fingerprint density at radius 1 is 1.39 bits per heavy atom. The van der Waals surface area contributed by atoms with E-state index in [0.717, 1.165) is 33.3 Å². The number of hydrogen-bond acceptors (Lipinski definition) is 3. The van der Waals surface area contributed by atoms with E-state index in [1.165, 1.54) is 0 Å². The van der Waals surface area contributed by atoms with Crippen molar-refractivity contribution in [3.8, 4) is 11.3 Å². The highest BCUT2D eigenvalue weighted by Crippen LogP contribution is 2.34. The number of hydrogen-bond donors (Lipinski definition) is 1. The first kappa shape index (κ1) is 13.1. The van der Waals surface area contributed by atoms with E-state index >= 15 is 0 Å². The van der Waals surface area contributed by atoms with Crippen LogP contribution in [-0.4, -0.2) is 5.16 Å². The Morgan fingerprint density at radius 2 is 2.11 bits per heavy atom. The highest BCUT2D eigenvalue weighted by molar-refractivity contribution is 9.10. The molecule has 96 valence electrons. The first-order valence-electron chi connectivity index (χ1n) is 6.00. The van der Waals surface area contributed by atoms with Gasteiger partial charge in [-0.1, -0.05) is 47.1 Å². The van der Waals surface area contributed by atoms with Crippen LogP contribution in [0.2, 0.25) is 0 Å². The van der Waals surface area contributed by atoms with E-state index in [1.807, 2.05) is 18.2 Å². The van der Waals surface area contributed by atoms with E-state index in [1.54, 1.807) is 0 Å². The number of nitrogens with two attached hydrogens (primary N) is 1. The molecule has 0 saturated carbocycles. The SMILES string of the molecule is Cc1c(Br)cccc1-c1onc(N)c1CC(C)C. The van der Waals surface area contributed by atoms with E-state index in [4.69, 9.17) is 10.3 Å². The van der Waals surface area contributed by atoms with Gasteiger partial charge >= 0.3 is 0 Å². The van der Waals surface area contributed by atoms with Crippen molar-refractivity contribution in [2.75, 3.05) is 5.73 Å². The molecule has 0 aliphatic carbocycles. The summed E-state index contributed by atoms with van der Waals surface area (Å²) in [5, 5.41) is 3.90. The lowest BCUT2D eigenvalue weighted by molar-refractivity contribution is 0.434. The number of halogens is 1. The molecule has 1 aromatic heterocycles. The van der Waals surface area contributed by atoms with E-state index in [2.05, 4.69) is 41.9 Å². The van der Waals surface area contributed by atoms with Crippen molar-refractivity contribution in [3.63, 3.8) is 0 Å². The Hall–Kier alpha value is -1.29. The van der Waals surface area contributed by atoms with Crippen LogP contribution in [0.3, 0.4) is 0 Å². The summed E-state index contributed by atoms with van der Waals surface area (Å²) in [6.07, 6.45) is 0.872. The van der Waals surface area contributed by atoms with Gasteiger partial charge in [-0.3, -0.25) is 0 Å². The highest BCUT2D eigenvalue weighted by Gasteiger charge is 2.18. The van der Waals surface area contributed by atoms with Gasteiger partial charge in [-0.25, -0.2) is 0 Å². The smallest absolute Gasteiger partial charge is 0.172 e. The predicted octanol–water partition coefficient (Wildman–Crippen LogP) is 4.19. The Morgan fingerprint density at radius 3 is 2.78 bits per heavy atom. The Labute approximate surface area is 115 Å². The number of nitrogen functional groups attached to an aromatic ring is 1. The molecule has 0 fully saturated rings. The zero-order valence-corrected chi connectivity index (χ0v) is 12.4. The van der Waals surface area contributed by atoms with Crippen LogP contribution in [0.5, 0.6) is 0 Å². The minimum Gasteiger partial charge on any atom is -0.381 e. The molecule has 0 amide bonds. The van der Waals surface area contributed by atoms with Crippen molar-refractivity contribution in [1.29, 1.82) is 0 Å². The van der Waals surface area contributed by atoms with Crippen molar-refractivity contribution >= 4 is 21.7 Å². The number of nitrogens with zero attached hydrogens (tertiary/aromatic N) is 1. The molecule has 1 aromatic carbocycles. The van der Waals surface area contributed by atoms with Crippen molar-refractivity contribution in [2.45, 2.75) is 27.2 Å². The van der Waals surface area contributed by atoms with Crippen LogP contribution < -0.4 is 5.73 Å². The topological polar surface area (TPSA) is 52.0 Å². The van der Waals surface area contributed by atoms with Crippen LogP contribution in [0, 0.1) is 12.8 Å². The molecule has 0 spiro atoms. The fourth-order valence-electron chi connectivity index (χ4n) is 1.99. The number of anilines is 1. The van der Waals surface area contributed by atoms with Gasteiger partial charge in [-0.15, -0.1) is 0 Å². The second-order valence-electron chi connectivity index (χ2n) is 4.89. The van der Waals surface area contributed by atoms with E-state index in [-0.39, 0.29) is 0 Å². The Kier molecular flexibility index (Phi) is 3.76. The third-order valence-corrected chi connectivity index (χ3v) is 3.80. The fourth-order valence-corrected chi connectivity index (χ4v) is 2.36. The molecule has 2 rings (SSSR count). The fraction of sp³-hybridized carbons (Fsp3) is 0.357. The average molecular weight is 309 g/mol. The zero-order chi connectivity index (χ0) is 13.3. The van der Waals surface area contributed by atoms with Gasteiger partial charge in [0.1, 0.15) is 0 Å². The van der Waals surface area contributed by atoms with Crippen molar-refractivity contribution in [2.24, 2.45) is 5.92 Å². The first-order chi connectivity index (χ1) is 8.50. The summed E-state index contributed by atoms with van der Waals surface area (Å²) >= 11 is 3.53. The van der Waals surface area contributed by atoms with E-state index < -0.39 is 0 Å². The molecule has 0 atom stereocenters. The molecule has 3 nitrogen and oxygen atoms in total. The summed E-state index contributed by atoms with van der Waals surface area (Å²) in [5.41, 5.74) is 9.09. The normalized spacial score (nSPS) is 11.2. The standard InChI is InChI=1S/C14H17BrN2O/c1-8(2)7-11-13(18-17-14(11)16)10-5-4-6-12(15)9(10)3/h4-6,8H,7H2,1-3H3,(H2,16,17).